The molecular formula is C11H17NO3S. The molecule has 0 aromatic carbocycles. The Hall–Kier alpha value is -0.810. The Morgan fingerprint density at radius 2 is 2.12 bits per heavy atom. The SMILES string of the molecule is O=S1(=O)CCC(CNCc2ccoc2)CC1. The van der Waals surface area contributed by atoms with Gasteiger partial charge in [0, 0.05) is 12.1 Å². The molecule has 4 nitrogen and oxygen atoms in total. The highest BCUT2D eigenvalue weighted by molar-refractivity contribution is 7.91. The Balaban J connectivity index is 1.68. The highest BCUT2D eigenvalue weighted by Gasteiger charge is 2.22. The number of furan rings is 1. The van der Waals surface area contributed by atoms with Crippen molar-refractivity contribution in [2.45, 2.75) is 19.4 Å². The van der Waals surface area contributed by atoms with Crippen molar-refractivity contribution in [2.75, 3.05) is 18.1 Å². The van der Waals surface area contributed by atoms with Gasteiger partial charge in [0.2, 0.25) is 0 Å². The molecule has 1 aromatic rings. The topological polar surface area (TPSA) is 59.3 Å². The van der Waals surface area contributed by atoms with E-state index in [4.69, 9.17) is 4.42 Å². The van der Waals surface area contributed by atoms with E-state index < -0.39 is 9.84 Å². The van der Waals surface area contributed by atoms with Crippen LogP contribution in [0.2, 0.25) is 0 Å². The molecule has 0 atom stereocenters. The van der Waals surface area contributed by atoms with Gasteiger partial charge >= 0.3 is 0 Å². The van der Waals surface area contributed by atoms with Crippen LogP contribution in [0.25, 0.3) is 0 Å². The second kappa shape index (κ2) is 5.01. The predicted octanol–water partition coefficient (Wildman–Crippen LogP) is 1.19. The smallest absolute Gasteiger partial charge is 0.150 e. The molecule has 2 rings (SSSR count). The monoisotopic (exact) mass is 243 g/mol. The number of hydrogen-bond acceptors (Lipinski definition) is 4. The summed E-state index contributed by atoms with van der Waals surface area (Å²) in [6.45, 7) is 1.68. The van der Waals surface area contributed by atoms with Crippen molar-refractivity contribution < 1.29 is 12.8 Å². The average molecular weight is 243 g/mol. The molecule has 2 heterocycles. The second-order valence-electron chi connectivity index (χ2n) is 4.36. The van der Waals surface area contributed by atoms with E-state index in [0.29, 0.717) is 17.4 Å². The van der Waals surface area contributed by atoms with Gasteiger partial charge in [-0.25, -0.2) is 8.42 Å². The van der Waals surface area contributed by atoms with Crippen molar-refractivity contribution in [3.05, 3.63) is 24.2 Å². The van der Waals surface area contributed by atoms with Gasteiger partial charge in [-0.15, -0.1) is 0 Å². The quantitative estimate of drug-likeness (QED) is 0.863. The summed E-state index contributed by atoms with van der Waals surface area (Å²) < 4.78 is 27.4. The van der Waals surface area contributed by atoms with Gasteiger partial charge < -0.3 is 9.73 Å². The molecule has 16 heavy (non-hydrogen) atoms. The van der Waals surface area contributed by atoms with Crippen molar-refractivity contribution in [1.82, 2.24) is 5.32 Å². The summed E-state index contributed by atoms with van der Waals surface area (Å²) in [6, 6.07) is 1.93. The first-order chi connectivity index (χ1) is 7.66. The van der Waals surface area contributed by atoms with Gasteiger partial charge in [-0.05, 0) is 31.4 Å². The normalized spacial score (nSPS) is 21.0. The van der Waals surface area contributed by atoms with Crippen LogP contribution >= 0.6 is 0 Å². The van der Waals surface area contributed by atoms with E-state index >= 15 is 0 Å². The fourth-order valence-corrected chi connectivity index (χ4v) is 3.55. The molecule has 5 heteroatoms. The number of hydrogen-bond donors (Lipinski definition) is 1. The largest absolute Gasteiger partial charge is 0.472 e. The third-order valence-corrected chi connectivity index (χ3v) is 4.73. The molecule has 0 unspecified atom stereocenters. The van der Waals surface area contributed by atoms with E-state index in [-0.39, 0.29) is 0 Å². The van der Waals surface area contributed by atoms with Gasteiger partial charge in [-0.3, -0.25) is 0 Å². The van der Waals surface area contributed by atoms with Crippen LogP contribution in [0.3, 0.4) is 0 Å². The Morgan fingerprint density at radius 3 is 2.75 bits per heavy atom. The zero-order valence-corrected chi connectivity index (χ0v) is 10.0. The minimum absolute atomic E-state index is 0.352. The summed E-state index contributed by atoms with van der Waals surface area (Å²) in [5.41, 5.74) is 1.13. The maximum absolute atomic E-state index is 11.2. The fraction of sp³-hybridized carbons (Fsp3) is 0.636. The second-order valence-corrected chi connectivity index (χ2v) is 6.66. The Bertz CT molecular complexity index is 396. The van der Waals surface area contributed by atoms with E-state index in [2.05, 4.69) is 5.32 Å². The first-order valence-electron chi connectivity index (χ1n) is 5.58. The van der Waals surface area contributed by atoms with E-state index in [1.54, 1.807) is 12.5 Å². The van der Waals surface area contributed by atoms with Crippen LogP contribution in [0.15, 0.2) is 23.0 Å². The average Bonchev–Trinajstić information content (AvgIpc) is 2.73. The number of nitrogens with one attached hydrogen (secondary N) is 1. The van der Waals surface area contributed by atoms with Crippen LogP contribution in [0, 0.1) is 5.92 Å². The van der Waals surface area contributed by atoms with E-state index in [1.165, 1.54) is 0 Å². The molecule has 0 amide bonds. The first-order valence-corrected chi connectivity index (χ1v) is 7.40. The molecule has 1 fully saturated rings. The van der Waals surface area contributed by atoms with Crippen LogP contribution in [-0.4, -0.2) is 26.5 Å². The minimum Gasteiger partial charge on any atom is -0.472 e. The third kappa shape index (κ3) is 3.35. The highest BCUT2D eigenvalue weighted by atomic mass is 32.2. The zero-order valence-electron chi connectivity index (χ0n) is 9.19. The van der Waals surface area contributed by atoms with E-state index in [0.717, 1.165) is 31.5 Å². The summed E-state index contributed by atoms with van der Waals surface area (Å²) in [6.07, 6.45) is 4.96. The Morgan fingerprint density at radius 1 is 1.38 bits per heavy atom. The van der Waals surface area contributed by atoms with Crippen molar-refractivity contribution in [2.24, 2.45) is 5.92 Å². The third-order valence-electron chi connectivity index (χ3n) is 3.02. The molecule has 0 saturated carbocycles. The van der Waals surface area contributed by atoms with Crippen LogP contribution < -0.4 is 5.32 Å². The molecule has 0 bridgehead atoms. The van der Waals surface area contributed by atoms with Crippen LogP contribution in [0.4, 0.5) is 0 Å². The molecule has 1 aromatic heterocycles. The summed E-state index contributed by atoms with van der Waals surface area (Å²) in [5.74, 6) is 1.20. The molecule has 1 saturated heterocycles. The summed E-state index contributed by atoms with van der Waals surface area (Å²) in [4.78, 5) is 0. The maximum atomic E-state index is 11.2. The fourth-order valence-electron chi connectivity index (χ4n) is 1.96. The van der Waals surface area contributed by atoms with Crippen molar-refractivity contribution in [1.29, 1.82) is 0 Å². The Kier molecular flexibility index (Phi) is 3.66. The van der Waals surface area contributed by atoms with Crippen LogP contribution in [0.1, 0.15) is 18.4 Å². The number of rotatable bonds is 4. The summed E-state index contributed by atoms with van der Waals surface area (Å²) in [5, 5.41) is 3.33. The van der Waals surface area contributed by atoms with Crippen LogP contribution in [-0.2, 0) is 16.4 Å². The molecule has 1 aliphatic rings. The minimum atomic E-state index is -2.73. The van der Waals surface area contributed by atoms with E-state index in [9.17, 15) is 8.42 Å². The van der Waals surface area contributed by atoms with Gasteiger partial charge in [-0.1, -0.05) is 0 Å². The number of sulfone groups is 1. The summed E-state index contributed by atoms with van der Waals surface area (Å²) in [7, 11) is -2.73. The van der Waals surface area contributed by atoms with E-state index in [1.807, 2.05) is 6.07 Å². The maximum Gasteiger partial charge on any atom is 0.150 e. The zero-order chi connectivity index (χ0) is 11.4. The van der Waals surface area contributed by atoms with Gasteiger partial charge in [0.25, 0.3) is 0 Å². The van der Waals surface area contributed by atoms with Crippen LogP contribution in [0.5, 0.6) is 0 Å². The van der Waals surface area contributed by atoms with Crippen molar-refractivity contribution >= 4 is 9.84 Å². The molecule has 0 aliphatic carbocycles. The molecule has 1 aliphatic heterocycles. The molecular weight excluding hydrogens is 226 g/mol. The van der Waals surface area contributed by atoms with Gasteiger partial charge in [0.15, 0.2) is 0 Å². The Labute approximate surface area is 95.9 Å². The standard InChI is InChI=1S/C11H17NO3S/c13-16(14)5-2-10(3-6-16)7-12-8-11-1-4-15-9-11/h1,4,9-10,12H,2-3,5-8H2. The molecule has 0 radical (unpaired) electrons. The highest BCUT2D eigenvalue weighted by Crippen LogP contribution is 2.17. The van der Waals surface area contributed by atoms with Gasteiger partial charge in [0.1, 0.15) is 9.84 Å². The lowest BCUT2D eigenvalue weighted by atomic mass is 10.0. The lowest BCUT2D eigenvalue weighted by molar-refractivity contribution is 0.431. The molecule has 1 N–H and O–H groups in total. The van der Waals surface area contributed by atoms with Gasteiger partial charge in [0.05, 0.1) is 24.0 Å². The van der Waals surface area contributed by atoms with Gasteiger partial charge in [-0.2, -0.15) is 0 Å². The summed E-state index contributed by atoms with van der Waals surface area (Å²) >= 11 is 0. The predicted molar refractivity (Wildman–Crippen MR) is 61.8 cm³/mol. The lowest BCUT2D eigenvalue weighted by Gasteiger charge is -2.21. The lowest BCUT2D eigenvalue weighted by Crippen LogP contribution is -2.30. The first kappa shape index (κ1) is 11.7. The molecule has 0 spiro atoms. The van der Waals surface area contributed by atoms with Crippen molar-refractivity contribution in [3.8, 4) is 0 Å². The molecule has 90 valence electrons. The van der Waals surface area contributed by atoms with Crippen molar-refractivity contribution in [3.63, 3.8) is 0 Å².